The smallest absolute Gasteiger partial charge is 0.235 e. The number of rotatable bonds is 11. The van der Waals surface area contributed by atoms with Crippen molar-refractivity contribution in [2.45, 2.75) is 72.8 Å². The maximum absolute atomic E-state index is 6.12. The minimum Gasteiger partial charge on any atom is -0.490 e. The number of unbranched alkanes of at least 4 members (excludes halogenated alkanes) is 2. The zero-order valence-electron chi connectivity index (χ0n) is 19.1. The van der Waals surface area contributed by atoms with Crippen molar-refractivity contribution in [1.82, 2.24) is 15.0 Å². The number of anilines is 1. The quantitative estimate of drug-likeness (QED) is 0.490. The lowest BCUT2D eigenvalue weighted by molar-refractivity contribution is 0.243. The molecule has 0 spiro atoms. The minimum atomic E-state index is 0.0519. The van der Waals surface area contributed by atoms with E-state index in [0.29, 0.717) is 12.5 Å². The summed E-state index contributed by atoms with van der Waals surface area (Å²) in [5, 5.41) is 0. The van der Waals surface area contributed by atoms with Crippen LogP contribution in [0.5, 0.6) is 11.6 Å². The van der Waals surface area contributed by atoms with Crippen LogP contribution in [0.4, 0.5) is 5.82 Å². The molecule has 0 saturated carbocycles. The molecule has 0 aliphatic carbocycles. The van der Waals surface area contributed by atoms with E-state index in [-0.39, 0.29) is 6.10 Å². The fourth-order valence-electron chi connectivity index (χ4n) is 3.02. The molecule has 6 nitrogen and oxygen atoms in total. The molecule has 160 valence electrons. The lowest BCUT2D eigenvalue weighted by Gasteiger charge is -2.19. The van der Waals surface area contributed by atoms with Crippen molar-refractivity contribution in [3.8, 4) is 22.9 Å². The zero-order valence-corrected chi connectivity index (χ0v) is 19.1. The van der Waals surface area contributed by atoms with Crippen LogP contribution in [0.15, 0.2) is 12.3 Å². The zero-order chi connectivity index (χ0) is 21.4. The summed E-state index contributed by atoms with van der Waals surface area (Å²) in [7, 11) is 3.94. The second-order valence-electron chi connectivity index (χ2n) is 7.63. The first-order chi connectivity index (χ1) is 13.9. The van der Waals surface area contributed by atoms with Crippen LogP contribution in [0.25, 0.3) is 11.3 Å². The summed E-state index contributed by atoms with van der Waals surface area (Å²) in [4.78, 5) is 16.3. The van der Waals surface area contributed by atoms with Gasteiger partial charge in [0, 0.05) is 26.4 Å². The number of hydrogen-bond acceptors (Lipinski definition) is 6. The van der Waals surface area contributed by atoms with Crippen LogP contribution in [-0.4, -0.2) is 41.8 Å². The van der Waals surface area contributed by atoms with Crippen LogP contribution >= 0.6 is 0 Å². The Bertz CT molecular complexity index is 791. The summed E-state index contributed by atoms with van der Waals surface area (Å²) in [6.45, 7) is 11.1. The molecule has 0 amide bonds. The Morgan fingerprint density at radius 1 is 1.00 bits per heavy atom. The summed E-state index contributed by atoms with van der Waals surface area (Å²) in [5.41, 5.74) is 3.49. The second-order valence-corrected chi connectivity index (χ2v) is 7.63. The molecule has 0 saturated heterocycles. The van der Waals surface area contributed by atoms with Gasteiger partial charge in [0.2, 0.25) is 5.88 Å². The molecule has 2 aromatic rings. The number of hydrogen-bond donors (Lipinski definition) is 0. The van der Waals surface area contributed by atoms with Crippen LogP contribution in [-0.2, 0) is 12.8 Å². The maximum Gasteiger partial charge on any atom is 0.235 e. The monoisotopic (exact) mass is 400 g/mol. The Balaban J connectivity index is 2.50. The van der Waals surface area contributed by atoms with Gasteiger partial charge < -0.3 is 14.4 Å². The van der Waals surface area contributed by atoms with E-state index in [4.69, 9.17) is 19.4 Å². The molecule has 0 atom stereocenters. The molecule has 2 aromatic heterocycles. The largest absolute Gasteiger partial charge is 0.490 e. The fourth-order valence-corrected chi connectivity index (χ4v) is 3.02. The highest BCUT2D eigenvalue weighted by molar-refractivity contribution is 5.71. The van der Waals surface area contributed by atoms with Gasteiger partial charge in [-0.3, -0.25) is 0 Å². The van der Waals surface area contributed by atoms with E-state index < -0.39 is 0 Å². The maximum atomic E-state index is 6.12. The Morgan fingerprint density at radius 2 is 1.72 bits per heavy atom. The first-order valence-electron chi connectivity index (χ1n) is 10.8. The number of pyridine rings is 1. The van der Waals surface area contributed by atoms with Gasteiger partial charge in [0.1, 0.15) is 17.3 Å². The number of ether oxygens (including phenoxy) is 2. The van der Waals surface area contributed by atoms with Gasteiger partial charge in [-0.15, -0.1) is 0 Å². The third-order valence-corrected chi connectivity index (χ3v) is 4.59. The molecular formula is C23H36N4O2. The predicted molar refractivity (Wildman–Crippen MR) is 119 cm³/mol. The normalized spacial score (nSPS) is 11.0. The van der Waals surface area contributed by atoms with Gasteiger partial charge in [-0.2, -0.15) is 0 Å². The molecule has 2 rings (SSSR count). The van der Waals surface area contributed by atoms with Crippen molar-refractivity contribution >= 4 is 5.82 Å². The van der Waals surface area contributed by atoms with Gasteiger partial charge in [-0.25, -0.2) is 15.0 Å². The highest BCUT2D eigenvalue weighted by atomic mass is 16.5. The average molecular weight is 401 g/mol. The van der Waals surface area contributed by atoms with Crippen LogP contribution in [0.2, 0.25) is 0 Å². The molecule has 0 aliphatic rings. The summed E-state index contributed by atoms with van der Waals surface area (Å²) < 4.78 is 12.1. The van der Waals surface area contributed by atoms with Gasteiger partial charge in [-0.1, -0.05) is 33.6 Å². The standard InChI is InChI=1S/C23H36N4O2/c1-8-11-12-13-28-23-19(10-3)25-22(18(9-2)26-23)17-15-24-21(27(6)7)14-20(17)29-16(4)5/h14-16H,8-13H2,1-7H3. The van der Waals surface area contributed by atoms with Gasteiger partial charge >= 0.3 is 0 Å². The molecule has 0 radical (unpaired) electrons. The van der Waals surface area contributed by atoms with Crippen molar-refractivity contribution in [1.29, 1.82) is 0 Å². The lowest BCUT2D eigenvalue weighted by Crippen LogP contribution is -2.13. The highest BCUT2D eigenvalue weighted by Crippen LogP contribution is 2.34. The van der Waals surface area contributed by atoms with E-state index >= 15 is 0 Å². The Labute approximate surface area is 175 Å². The molecule has 6 heteroatoms. The van der Waals surface area contributed by atoms with Gasteiger partial charge in [0.15, 0.2) is 0 Å². The number of aryl methyl sites for hydroxylation is 2. The third kappa shape index (κ3) is 6.05. The summed E-state index contributed by atoms with van der Waals surface area (Å²) in [6.07, 6.45) is 6.78. The first kappa shape index (κ1) is 22.9. The van der Waals surface area contributed by atoms with E-state index in [1.807, 2.05) is 45.1 Å². The summed E-state index contributed by atoms with van der Waals surface area (Å²) in [6, 6.07) is 1.97. The van der Waals surface area contributed by atoms with Gasteiger partial charge in [0.05, 0.1) is 29.7 Å². The molecule has 0 bridgehead atoms. The molecular weight excluding hydrogens is 364 g/mol. The molecule has 0 aliphatic heterocycles. The Kier molecular flexibility index (Phi) is 8.68. The second kappa shape index (κ2) is 11.0. The van der Waals surface area contributed by atoms with Gasteiger partial charge in [0.25, 0.3) is 0 Å². The molecule has 0 fully saturated rings. The summed E-state index contributed by atoms with van der Waals surface area (Å²) >= 11 is 0. The van der Waals surface area contributed by atoms with Gasteiger partial charge in [-0.05, 0) is 33.1 Å². The average Bonchev–Trinajstić information content (AvgIpc) is 2.70. The highest BCUT2D eigenvalue weighted by Gasteiger charge is 2.19. The van der Waals surface area contributed by atoms with E-state index in [9.17, 15) is 0 Å². The van der Waals surface area contributed by atoms with Crippen molar-refractivity contribution in [2.24, 2.45) is 0 Å². The van der Waals surface area contributed by atoms with Crippen molar-refractivity contribution in [3.05, 3.63) is 23.7 Å². The van der Waals surface area contributed by atoms with Crippen molar-refractivity contribution < 1.29 is 9.47 Å². The lowest BCUT2D eigenvalue weighted by atomic mass is 10.1. The number of nitrogens with zero attached hydrogens (tertiary/aromatic N) is 4. The van der Waals surface area contributed by atoms with E-state index in [0.717, 1.165) is 59.9 Å². The third-order valence-electron chi connectivity index (χ3n) is 4.59. The van der Waals surface area contributed by atoms with E-state index in [2.05, 4.69) is 25.8 Å². The van der Waals surface area contributed by atoms with Crippen LogP contribution in [0.3, 0.4) is 0 Å². The van der Waals surface area contributed by atoms with Crippen molar-refractivity contribution in [3.63, 3.8) is 0 Å². The van der Waals surface area contributed by atoms with E-state index in [1.54, 1.807) is 0 Å². The Hall–Kier alpha value is -2.37. The van der Waals surface area contributed by atoms with E-state index in [1.165, 1.54) is 6.42 Å². The molecule has 0 unspecified atom stereocenters. The Morgan fingerprint density at radius 3 is 2.31 bits per heavy atom. The predicted octanol–water partition coefficient (Wildman–Crippen LogP) is 5.09. The fraction of sp³-hybridized carbons (Fsp3) is 0.609. The topological polar surface area (TPSA) is 60.4 Å². The first-order valence-corrected chi connectivity index (χ1v) is 10.8. The van der Waals surface area contributed by atoms with Crippen LogP contribution < -0.4 is 14.4 Å². The van der Waals surface area contributed by atoms with Crippen LogP contribution in [0, 0.1) is 0 Å². The number of aromatic nitrogens is 3. The molecule has 0 N–H and O–H groups in total. The minimum absolute atomic E-state index is 0.0519. The summed E-state index contributed by atoms with van der Waals surface area (Å²) in [5.74, 6) is 2.29. The molecule has 0 aromatic carbocycles. The molecule has 2 heterocycles. The molecule has 29 heavy (non-hydrogen) atoms. The van der Waals surface area contributed by atoms with Crippen molar-refractivity contribution in [2.75, 3.05) is 25.6 Å². The van der Waals surface area contributed by atoms with Crippen LogP contribution in [0.1, 0.15) is 65.3 Å². The SMILES string of the molecule is CCCCCOc1nc(CC)c(-c2cnc(N(C)C)cc2OC(C)C)nc1CC.